The van der Waals surface area contributed by atoms with E-state index in [0.29, 0.717) is 11.3 Å². The number of rotatable bonds is 9. The number of unbranched alkanes of at least 4 members (excludes halogenated alkanes) is 2. The van der Waals surface area contributed by atoms with Gasteiger partial charge in [-0.05, 0) is 55.7 Å². The number of hydrogen-bond acceptors (Lipinski definition) is 3. The van der Waals surface area contributed by atoms with Gasteiger partial charge in [0.1, 0.15) is 0 Å². The number of nitrogens with zero attached hydrogens (tertiary/aromatic N) is 3. The van der Waals surface area contributed by atoms with Crippen LogP contribution in [0.4, 0.5) is 24.5 Å². The van der Waals surface area contributed by atoms with Crippen LogP contribution in [-0.4, -0.2) is 30.9 Å². The lowest BCUT2D eigenvalue weighted by Gasteiger charge is -2.24. The third kappa shape index (κ3) is 6.03. The molecule has 176 valence electrons. The van der Waals surface area contributed by atoms with Crippen molar-refractivity contribution in [2.75, 3.05) is 23.0 Å². The number of anilines is 2. The van der Waals surface area contributed by atoms with E-state index in [4.69, 9.17) is 0 Å². The summed E-state index contributed by atoms with van der Waals surface area (Å²) in [6.07, 6.45) is 0.861. The van der Waals surface area contributed by atoms with Crippen LogP contribution in [0.15, 0.2) is 59.2 Å². The molecule has 1 aliphatic heterocycles. The molecule has 7 heteroatoms. The summed E-state index contributed by atoms with van der Waals surface area (Å²) in [5.74, 6) is -0.789. The highest BCUT2D eigenvalue weighted by molar-refractivity contribution is 6.34. The van der Waals surface area contributed by atoms with Crippen LogP contribution in [-0.2, 0) is 4.79 Å². The Kier molecular flexibility index (Phi) is 7.95. The molecule has 2 aromatic carbocycles. The Balaban J connectivity index is 1.89. The summed E-state index contributed by atoms with van der Waals surface area (Å²) < 4.78 is 41.1. The molecule has 0 aromatic heterocycles. The Morgan fingerprint density at radius 3 is 2.03 bits per heavy atom. The molecule has 4 nitrogen and oxygen atoms in total. The zero-order chi connectivity index (χ0) is 24.0. The normalized spacial score (nSPS) is 15.3. The summed E-state index contributed by atoms with van der Waals surface area (Å²) in [5, 5.41) is 4.45. The van der Waals surface area contributed by atoms with Crippen LogP contribution in [0.25, 0.3) is 6.08 Å². The fourth-order valence-corrected chi connectivity index (χ4v) is 3.63. The highest BCUT2D eigenvalue weighted by Gasteiger charge is 2.46. The molecule has 0 N–H and O–H groups in total. The fraction of sp³-hybridized carbons (Fsp3) is 0.385. The lowest BCUT2D eigenvalue weighted by Crippen LogP contribution is -2.25. The van der Waals surface area contributed by atoms with Crippen LogP contribution in [0.3, 0.4) is 0 Å². The van der Waals surface area contributed by atoms with Crippen molar-refractivity contribution in [1.29, 1.82) is 0 Å². The average molecular weight is 458 g/mol. The van der Waals surface area contributed by atoms with Gasteiger partial charge in [0.2, 0.25) is 0 Å². The van der Waals surface area contributed by atoms with Gasteiger partial charge < -0.3 is 4.90 Å². The second-order valence-corrected chi connectivity index (χ2v) is 8.24. The van der Waals surface area contributed by atoms with Gasteiger partial charge in [0.25, 0.3) is 5.91 Å². The van der Waals surface area contributed by atoms with Crippen molar-refractivity contribution in [3.8, 4) is 0 Å². The molecule has 0 spiro atoms. The van der Waals surface area contributed by atoms with Crippen LogP contribution in [0.5, 0.6) is 0 Å². The highest BCUT2D eigenvalue weighted by Crippen LogP contribution is 2.33. The van der Waals surface area contributed by atoms with E-state index < -0.39 is 23.4 Å². The maximum atomic E-state index is 13.7. The number of aryl methyl sites for hydroxylation is 1. The van der Waals surface area contributed by atoms with Gasteiger partial charge in [0, 0.05) is 18.8 Å². The highest BCUT2D eigenvalue weighted by atomic mass is 19.4. The summed E-state index contributed by atoms with van der Waals surface area (Å²) in [6.45, 7) is 8.02. The van der Waals surface area contributed by atoms with E-state index in [1.54, 1.807) is 36.4 Å². The van der Waals surface area contributed by atoms with Crippen molar-refractivity contribution >= 4 is 29.1 Å². The van der Waals surface area contributed by atoms with Crippen molar-refractivity contribution in [3.05, 3.63) is 65.2 Å². The first-order valence-corrected chi connectivity index (χ1v) is 11.4. The Labute approximate surface area is 193 Å². The summed E-state index contributed by atoms with van der Waals surface area (Å²) in [6, 6.07) is 13.9. The first kappa shape index (κ1) is 24.6. The predicted octanol–water partition coefficient (Wildman–Crippen LogP) is 6.75. The first-order chi connectivity index (χ1) is 15.7. The van der Waals surface area contributed by atoms with E-state index in [-0.39, 0.29) is 0 Å². The Morgan fingerprint density at radius 2 is 1.52 bits per heavy atom. The molecule has 1 aliphatic rings. The first-order valence-electron chi connectivity index (χ1n) is 11.4. The van der Waals surface area contributed by atoms with Gasteiger partial charge >= 0.3 is 6.18 Å². The average Bonchev–Trinajstić information content (AvgIpc) is 3.12. The number of carbonyl (C=O) groups is 1. The molecule has 0 unspecified atom stereocenters. The standard InChI is InChI=1S/C26H30F3N3O/c1-4-6-16-31(17-7-5-2)21-14-10-20(11-15-21)18-23-24(26(27,28)29)30-32(25(23)33)22-12-8-19(3)9-13-22/h8-15,18H,4-7,16-17H2,1-3H3. The van der Waals surface area contributed by atoms with Gasteiger partial charge in [-0.25, -0.2) is 0 Å². The number of halogens is 3. The summed E-state index contributed by atoms with van der Waals surface area (Å²) in [7, 11) is 0. The molecule has 33 heavy (non-hydrogen) atoms. The van der Waals surface area contributed by atoms with Gasteiger partial charge in [-0.1, -0.05) is 56.5 Å². The second-order valence-electron chi connectivity index (χ2n) is 8.24. The van der Waals surface area contributed by atoms with E-state index in [0.717, 1.165) is 55.0 Å². The van der Waals surface area contributed by atoms with Gasteiger partial charge in [0.05, 0.1) is 11.3 Å². The molecular weight excluding hydrogens is 427 g/mol. The predicted molar refractivity (Wildman–Crippen MR) is 129 cm³/mol. The Morgan fingerprint density at radius 1 is 0.939 bits per heavy atom. The second kappa shape index (κ2) is 10.7. The minimum Gasteiger partial charge on any atom is -0.372 e. The van der Waals surface area contributed by atoms with Crippen LogP contribution in [0, 0.1) is 6.92 Å². The zero-order valence-corrected chi connectivity index (χ0v) is 19.3. The maximum absolute atomic E-state index is 13.7. The maximum Gasteiger partial charge on any atom is 0.435 e. The van der Waals surface area contributed by atoms with Crippen molar-refractivity contribution in [1.82, 2.24) is 0 Å². The van der Waals surface area contributed by atoms with Crippen molar-refractivity contribution in [2.45, 2.75) is 52.6 Å². The lowest BCUT2D eigenvalue weighted by atomic mass is 10.1. The van der Waals surface area contributed by atoms with E-state index in [1.807, 2.05) is 19.1 Å². The molecule has 3 rings (SSSR count). The van der Waals surface area contributed by atoms with Gasteiger partial charge in [-0.3, -0.25) is 4.79 Å². The van der Waals surface area contributed by atoms with Crippen molar-refractivity contribution in [2.24, 2.45) is 5.10 Å². The fourth-order valence-electron chi connectivity index (χ4n) is 3.63. The van der Waals surface area contributed by atoms with Crippen LogP contribution in [0.1, 0.15) is 50.7 Å². The minimum absolute atomic E-state index is 0.300. The third-order valence-corrected chi connectivity index (χ3v) is 5.56. The summed E-state index contributed by atoms with van der Waals surface area (Å²) in [4.78, 5) is 15.2. The SMILES string of the molecule is CCCCN(CCCC)c1ccc(C=C2C(=O)N(c3ccc(C)cc3)N=C2C(F)(F)F)cc1. The third-order valence-electron chi connectivity index (χ3n) is 5.56. The molecule has 0 aliphatic carbocycles. The van der Waals surface area contributed by atoms with E-state index in [2.05, 4.69) is 23.8 Å². The quantitative estimate of drug-likeness (QED) is 0.391. The van der Waals surface area contributed by atoms with E-state index in [1.165, 1.54) is 6.08 Å². The summed E-state index contributed by atoms with van der Waals surface area (Å²) >= 11 is 0. The molecule has 0 fully saturated rings. The number of alkyl halides is 3. The molecule has 0 saturated carbocycles. The largest absolute Gasteiger partial charge is 0.435 e. The van der Waals surface area contributed by atoms with Crippen LogP contribution < -0.4 is 9.91 Å². The molecule has 0 radical (unpaired) electrons. The molecule has 0 saturated heterocycles. The van der Waals surface area contributed by atoms with Gasteiger partial charge in [-0.15, -0.1) is 0 Å². The molecule has 0 bridgehead atoms. The number of hydrogen-bond donors (Lipinski definition) is 0. The lowest BCUT2D eigenvalue weighted by molar-refractivity contribution is -0.114. The zero-order valence-electron chi connectivity index (χ0n) is 19.3. The van der Waals surface area contributed by atoms with Crippen molar-refractivity contribution < 1.29 is 18.0 Å². The van der Waals surface area contributed by atoms with Crippen LogP contribution >= 0.6 is 0 Å². The van der Waals surface area contributed by atoms with Gasteiger partial charge in [-0.2, -0.15) is 23.3 Å². The number of hydrazone groups is 1. The molecule has 0 atom stereocenters. The summed E-state index contributed by atoms with van der Waals surface area (Å²) in [5.41, 5.74) is 1.16. The molecule has 1 heterocycles. The Hall–Kier alpha value is -3.09. The number of amides is 1. The van der Waals surface area contributed by atoms with E-state index >= 15 is 0 Å². The monoisotopic (exact) mass is 457 g/mol. The topological polar surface area (TPSA) is 35.9 Å². The van der Waals surface area contributed by atoms with E-state index in [9.17, 15) is 18.0 Å². The minimum atomic E-state index is -4.74. The van der Waals surface area contributed by atoms with Crippen molar-refractivity contribution in [3.63, 3.8) is 0 Å². The van der Waals surface area contributed by atoms with Gasteiger partial charge in [0.15, 0.2) is 5.71 Å². The molecule has 2 aromatic rings. The smallest absolute Gasteiger partial charge is 0.372 e. The molecule has 1 amide bonds. The van der Waals surface area contributed by atoms with Crippen LogP contribution in [0.2, 0.25) is 0 Å². The molecular formula is C26H30F3N3O. The number of carbonyl (C=O) groups excluding carboxylic acids is 1. The Bertz CT molecular complexity index is 1000. The number of benzene rings is 2.